The quantitative estimate of drug-likeness (QED) is 0.0244. The lowest BCUT2D eigenvalue weighted by Gasteiger charge is -2.26. The molecule has 0 saturated heterocycles. The van der Waals surface area contributed by atoms with Crippen molar-refractivity contribution in [3.63, 3.8) is 0 Å². The summed E-state index contributed by atoms with van der Waals surface area (Å²) in [7, 11) is 1.56. The van der Waals surface area contributed by atoms with Gasteiger partial charge in [0.2, 0.25) is 5.91 Å². The Balaban J connectivity index is 4.11. The number of likely N-dealkylation sites (N-methyl/N-ethyl adjacent to an activating group) is 1. The molecule has 3 N–H and O–H groups in total. The topological polar surface area (TPSA) is 105 Å². The van der Waals surface area contributed by atoms with Crippen LogP contribution in [-0.4, -0.2) is 73.4 Å². The Labute approximate surface area is 398 Å². The zero-order chi connectivity index (χ0) is 47.8. The summed E-state index contributed by atoms with van der Waals surface area (Å²) in [5, 5.41) is 13.8. The number of aliphatic hydroxyl groups excluding tert-OH is 1. The molecule has 0 spiro atoms. The molecule has 0 aliphatic heterocycles. The lowest BCUT2D eigenvalue weighted by Crippen LogP contribution is -2.46. The van der Waals surface area contributed by atoms with E-state index in [-0.39, 0.29) is 19.1 Å². The van der Waals surface area contributed by atoms with Crippen LogP contribution >= 0.6 is 7.82 Å². The van der Waals surface area contributed by atoms with E-state index in [1.807, 2.05) is 21.1 Å². The number of phosphoric ester groups is 1. The van der Waals surface area contributed by atoms with Gasteiger partial charge in [-0.3, -0.25) is 13.8 Å². The summed E-state index contributed by atoms with van der Waals surface area (Å²) in [6.45, 7) is 4.64. The summed E-state index contributed by atoms with van der Waals surface area (Å²) in [6, 6.07) is -0.785. The monoisotopic (exact) mass is 922 g/mol. The molecule has 0 saturated carbocycles. The number of unbranched alkanes of at least 4 members (excludes halogenated alkanes) is 8. The van der Waals surface area contributed by atoms with Crippen LogP contribution in [0.3, 0.4) is 0 Å². The Hall–Kier alpha value is -3.36. The fraction of sp³-hybridized carbons (Fsp3) is 0.589. The molecule has 0 aromatic rings. The third kappa shape index (κ3) is 48.4. The SMILES string of the molecule is CC/C=C\C/C=C\C/C=C\C/C=C\C/C=C\C/C=C\C/C=C\C/C=C\C/C=C\C/C=C\C/C=C\CCCCCC(=O)NC(COP(=O)(O)OCC[N+](C)(C)C)C(O)CCCCCCCC. The van der Waals surface area contributed by atoms with E-state index in [1.165, 1.54) is 19.3 Å². The van der Waals surface area contributed by atoms with Crippen molar-refractivity contribution in [1.29, 1.82) is 0 Å². The minimum Gasteiger partial charge on any atom is -0.391 e. The van der Waals surface area contributed by atoms with Crippen LogP contribution in [0.25, 0.3) is 0 Å². The molecule has 0 aromatic carbocycles. The maximum absolute atomic E-state index is 12.8. The van der Waals surface area contributed by atoms with Crippen LogP contribution in [0.15, 0.2) is 134 Å². The largest absolute Gasteiger partial charge is 0.472 e. The molecule has 9 heteroatoms. The van der Waals surface area contributed by atoms with Gasteiger partial charge in [-0.1, -0.05) is 192 Å². The van der Waals surface area contributed by atoms with Crippen molar-refractivity contribution in [1.82, 2.24) is 5.32 Å². The first-order valence-electron chi connectivity index (χ1n) is 25.0. The molecule has 0 bridgehead atoms. The van der Waals surface area contributed by atoms with E-state index < -0.39 is 20.0 Å². The van der Waals surface area contributed by atoms with Crippen LogP contribution in [0.1, 0.15) is 162 Å². The van der Waals surface area contributed by atoms with Crippen LogP contribution < -0.4 is 5.32 Å². The first-order chi connectivity index (χ1) is 31.5. The van der Waals surface area contributed by atoms with Crippen LogP contribution in [0.2, 0.25) is 0 Å². The minimum absolute atomic E-state index is 0.0594. The first kappa shape index (κ1) is 61.6. The molecule has 8 nitrogen and oxygen atoms in total. The van der Waals surface area contributed by atoms with E-state index in [0.29, 0.717) is 23.9 Å². The highest BCUT2D eigenvalue weighted by atomic mass is 31.2. The minimum atomic E-state index is -4.32. The Morgan fingerprint density at radius 3 is 1.34 bits per heavy atom. The van der Waals surface area contributed by atoms with Crippen molar-refractivity contribution in [3.8, 4) is 0 Å². The Morgan fingerprint density at radius 2 is 0.923 bits per heavy atom. The number of carbonyl (C=O) groups excluding carboxylic acids is 1. The van der Waals surface area contributed by atoms with E-state index in [4.69, 9.17) is 9.05 Å². The number of carbonyl (C=O) groups is 1. The highest BCUT2D eigenvalue weighted by molar-refractivity contribution is 7.47. The molecule has 1 amide bonds. The summed E-state index contributed by atoms with van der Waals surface area (Å²) in [4.78, 5) is 23.0. The number of nitrogens with zero attached hydrogens (tertiary/aromatic N) is 1. The summed E-state index contributed by atoms with van der Waals surface area (Å²) < 4.78 is 23.5. The fourth-order valence-electron chi connectivity index (χ4n) is 6.22. The molecule has 0 heterocycles. The van der Waals surface area contributed by atoms with Crippen molar-refractivity contribution >= 4 is 13.7 Å². The molecule has 368 valence electrons. The average Bonchev–Trinajstić information content (AvgIpc) is 3.26. The number of hydrogen-bond donors (Lipinski definition) is 3. The maximum Gasteiger partial charge on any atom is 0.472 e. The molecule has 0 rings (SSSR count). The van der Waals surface area contributed by atoms with Gasteiger partial charge in [-0.2, -0.15) is 0 Å². The van der Waals surface area contributed by atoms with Gasteiger partial charge in [-0.15, -0.1) is 0 Å². The second kappa shape index (κ2) is 45.8. The van der Waals surface area contributed by atoms with Gasteiger partial charge >= 0.3 is 7.82 Å². The molecular weight excluding hydrogens is 828 g/mol. The predicted molar refractivity (Wildman–Crippen MR) is 281 cm³/mol. The number of hydrogen-bond acceptors (Lipinski definition) is 5. The zero-order valence-electron chi connectivity index (χ0n) is 41.7. The number of aliphatic hydroxyl groups is 1. The van der Waals surface area contributed by atoms with E-state index >= 15 is 0 Å². The molecule has 0 radical (unpaired) electrons. The number of phosphoric acid groups is 1. The summed E-state index contributed by atoms with van der Waals surface area (Å²) >= 11 is 0. The fourth-order valence-corrected chi connectivity index (χ4v) is 6.96. The van der Waals surface area contributed by atoms with Gasteiger partial charge in [-0.05, 0) is 96.3 Å². The molecular formula is C56H94N2O6P+. The van der Waals surface area contributed by atoms with Crippen molar-refractivity contribution in [2.45, 2.75) is 174 Å². The molecule has 3 atom stereocenters. The van der Waals surface area contributed by atoms with E-state index in [9.17, 15) is 19.4 Å². The highest BCUT2D eigenvalue weighted by Crippen LogP contribution is 2.43. The summed E-state index contributed by atoms with van der Waals surface area (Å²) in [6.07, 6.45) is 69.7. The zero-order valence-corrected chi connectivity index (χ0v) is 42.6. The van der Waals surface area contributed by atoms with Crippen LogP contribution in [0, 0.1) is 0 Å². The Kier molecular flexibility index (Phi) is 43.4. The highest BCUT2D eigenvalue weighted by Gasteiger charge is 2.28. The average molecular weight is 922 g/mol. The Bertz CT molecular complexity index is 1510. The molecule has 3 unspecified atom stereocenters. The van der Waals surface area contributed by atoms with E-state index in [1.54, 1.807) is 0 Å². The van der Waals surface area contributed by atoms with Crippen LogP contribution in [-0.2, 0) is 18.4 Å². The van der Waals surface area contributed by atoms with E-state index in [2.05, 4.69) is 153 Å². The predicted octanol–water partition coefficient (Wildman–Crippen LogP) is 14.8. The smallest absolute Gasteiger partial charge is 0.391 e. The molecule has 0 fully saturated rings. The van der Waals surface area contributed by atoms with E-state index in [0.717, 1.165) is 116 Å². The standard InChI is InChI=1S/C56H93N2O6P/c1-6-8-10-12-14-15-16-17-18-19-20-21-22-23-24-25-26-27-28-29-30-31-32-33-34-35-36-37-38-39-40-41-42-43-44-46-48-50-56(60)57-54(55(59)49-47-45-13-11-9-7-2)53-64-65(61,62)63-52-51-58(3,4)5/h8,10,14-15,17-18,20-21,23-24,26-27,29-30,32-33,35-36,38-39,41-42,54-55,59H,6-7,9,11-13,16,19,22,25,28,31,34,37,40,43-53H2,1-5H3,(H-,57,60,61,62)/p+1/b10-8-,15-14-,18-17-,21-20-,24-23-,27-26-,30-29-,33-32-,36-35-,39-38-,42-41-. The van der Waals surface area contributed by atoms with Crippen molar-refractivity contribution in [2.75, 3.05) is 40.9 Å². The normalized spacial score (nSPS) is 15.2. The second-order valence-corrected chi connectivity index (χ2v) is 18.9. The maximum atomic E-state index is 12.8. The number of quaternary nitrogens is 1. The van der Waals surface area contributed by atoms with Gasteiger partial charge in [0.1, 0.15) is 13.2 Å². The van der Waals surface area contributed by atoms with Gasteiger partial charge in [0, 0.05) is 6.42 Å². The molecule has 0 aliphatic carbocycles. The number of amides is 1. The number of nitrogens with one attached hydrogen (secondary N) is 1. The third-order valence-corrected chi connectivity index (χ3v) is 11.1. The van der Waals surface area contributed by atoms with Crippen molar-refractivity contribution in [3.05, 3.63) is 134 Å². The lowest BCUT2D eigenvalue weighted by molar-refractivity contribution is -0.870. The molecule has 0 aromatic heterocycles. The summed E-state index contributed by atoms with van der Waals surface area (Å²) in [5.41, 5.74) is 0. The van der Waals surface area contributed by atoms with Crippen LogP contribution in [0.5, 0.6) is 0 Å². The van der Waals surface area contributed by atoms with Crippen molar-refractivity contribution in [2.24, 2.45) is 0 Å². The Morgan fingerprint density at radius 1 is 0.538 bits per heavy atom. The molecule has 65 heavy (non-hydrogen) atoms. The number of rotatable bonds is 43. The van der Waals surface area contributed by atoms with Gasteiger partial charge in [0.05, 0.1) is 39.9 Å². The van der Waals surface area contributed by atoms with Gasteiger partial charge < -0.3 is 19.8 Å². The van der Waals surface area contributed by atoms with Gasteiger partial charge in [0.25, 0.3) is 0 Å². The lowest BCUT2D eigenvalue weighted by atomic mass is 10.0. The summed E-state index contributed by atoms with van der Waals surface area (Å²) in [5.74, 6) is -0.189. The van der Waals surface area contributed by atoms with Gasteiger partial charge in [0.15, 0.2) is 0 Å². The third-order valence-electron chi connectivity index (χ3n) is 10.2. The molecule has 0 aliphatic rings. The van der Waals surface area contributed by atoms with Gasteiger partial charge in [-0.25, -0.2) is 4.57 Å². The number of allylic oxidation sites excluding steroid dienone is 22. The first-order valence-corrected chi connectivity index (χ1v) is 26.5. The van der Waals surface area contributed by atoms with Crippen molar-refractivity contribution < 1.29 is 32.9 Å². The second-order valence-electron chi connectivity index (χ2n) is 17.5. The van der Waals surface area contributed by atoms with Crippen LogP contribution in [0.4, 0.5) is 0 Å².